The highest BCUT2D eigenvalue weighted by Gasteiger charge is 2.29. The van der Waals surface area contributed by atoms with E-state index in [0.29, 0.717) is 12.1 Å². The minimum Gasteiger partial charge on any atom is -0.383 e. The van der Waals surface area contributed by atoms with Gasteiger partial charge in [-0.25, -0.2) is 0 Å². The molecule has 0 amide bonds. The van der Waals surface area contributed by atoms with Crippen LogP contribution >= 0.6 is 0 Å². The Bertz CT molecular complexity index is 130. The highest BCUT2D eigenvalue weighted by atomic mass is 16.5. The number of hydrogen-bond donors (Lipinski definition) is 0. The van der Waals surface area contributed by atoms with Gasteiger partial charge in [-0.3, -0.25) is 4.90 Å². The molecular formula is C9H19NO2. The van der Waals surface area contributed by atoms with Gasteiger partial charge in [0.15, 0.2) is 0 Å². The molecular weight excluding hydrogens is 154 g/mol. The van der Waals surface area contributed by atoms with Crippen LogP contribution in [0.25, 0.3) is 0 Å². The predicted octanol–water partition coefficient (Wildman–Crippen LogP) is 0.742. The van der Waals surface area contributed by atoms with Crippen LogP contribution in [0.1, 0.15) is 13.3 Å². The van der Waals surface area contributed by atoms with E-state index in [4.69, 9.17) is 9.47 Å². The van der Waals surface area contributed by atoms with Crippen molar-refractivity contribution in [2.24, 2.45) is 0 Å². The van der Waals surface area contributed by atoms with Crippen LogP contribution < -0.4 is 0 Å². The van der Waals surface area contributed by atoms with Gasteiger partial charge in [0.2, 0.25) is 0 Å². The predicted molar refractivity (Wildman–Crippen MR) is 48.3 cm³/mol. The Hall–Kier alpha value is -0.120. The summed E-state index contributed by atoms with van der Waals surface area (Å²) in [6.07, 6.45) is 1.53. The molecule has 0 N–H and O–H groups in total. The number of likely N-dealkylation sites (N-methyl/N-ethyl adjacent to an activating group) is 1. The molecule has 1 saturated heterocycles. The summed E-state index contributed by atoms with van der Waals surface area (Å²) < 4.78 is 10.7. The molecule has 1 aliphatic rings. The second-order valence-electron chi connectivity index (χ2n) is 3.36. The zero-order chi connectivity index (χ0) is 8.97. The fraction of sp³-hybridized carbons (Fsp3) is 1.00. The maximum Gasteiger partial charge on any atom is 0.0717 e. The van der Waals surface area contributed by atoms with E-state index < -0.39 is 0 Å². The van der Waals surface area contributed by atoms with Crippen LogP contribution in [0.4, 0.5) is 0 Å². The first-order chi connectivity index (χ1) is 5.77. The molecule has 1 fully saturated rings. The van der Waals surface area contributed by atoms with Crippen molar-refractivity contribution in [2.45, 2.75) is 25.5 Å². The van der Waals surface area contributed by atoms with E-state index in [1.165, 1.54) is 0 Å². The molecule has 0 radical (unpaired) electrons. The number of methoxy groups -OCH3 is 1. The molecule has 0 spiro atoms. The minimum absolute atomic E-state index is 0.417. The van der Waals surface area contributed by atoms with Crippen molar-refractivity contribution in [2.75, 3.05) is 33.9 Å². The van der Waals surface area contributed by atoms with E-state index in [2.05, 4.69) is 11.9 Å². The first-order valence-corrected chi connectivity index (χ1v) is 4.58. The number of nitrogens with zero attached hydrogens (tertiary/aromatic N) is 1. The van der Waals surface area contributed by atoms with Gasteiger partial charge < -0.3 is 9.47 Å². The Labute approximate surface area is 74.6 Å². The normalized spacial score (nSPS) is 31.2. The van der Waals surface area contributed by atoms with Gasteiger partial charge in [0.25, 0.3) is 0 Å². The summed E-state index contributed by atoms with van der Waals surface area (Å²) in [5.74, 6) is 0. The lowest BCUT2D eigenvalue weighted by Gasteiger charge is -2.16. The molecule has 2 atom stereocenters. The largest absolute Gasteiger partial charge is 0.383 e. The third-order valence-electron chi connectivity index (χ3n) is 2.41. The molecule has 0 saturated carbocycles. The van der Waals surface area contributed by atoms with Crippen molar-refractivity contribution < 1.29 is 9.47 Å². The summed E-state index contributed by atoms with van der Waals surface area (Å²) in [4.78, 5) is 2.31. The summed E-state index contributed by atoms with van der Waals surface area (Å²) in [5, 5.41) is 0. The summed E-state index contributed by atoms with van der Waals surface area (Å²) in [5.41, 5.74) is 0. The maximum absolute atomic E-state index is 5.55. The van der Waals surface area contributed by atoms with Gasteiger partial charge in [-0.2, -0.15) is 0 Å². The van der Waals surface area contributed by atoms with Crippen molar-refractivity contribution in [1.29, 1.82) is 0 Å². The Morgan fingerprint density at radius 3 is 2.83 bits per heavy atom. The maximum atomic E-state index is 5.55. The lowest BCUT2D eigenvalue weighted by atomic mass is 10.2. The summed E-state index contributed by atoms with van der Waals surface area (Å²) in [6.45, 7) is 4.73. The number of rotatable bonds is 4. The van der Waals surface area contributed by atoms with Crippen LogP contribution in [-0.4, -0.2) is 51.0 Å². The van der Waals surface area contributed by atoms with Crippen LogP contribution in [0.2, 0.25) is 0 Å². The smallest absolute Gasteiger partial charge is 0.0717 e. The van der Waals surface area contributed by atoms with E-state index >= 15 is 0 Å². The molecule has 3 nitrogen and oxygen atoms in total. The number of ether oxygens (including phenoxy) is 2. The van der Waals surface area contributed by atoms with Gasteiger partial charge in [0.1, 0.15) is 0 Å². The molecule has 0 aromatic carbocycles. The SMILES string of the molecule is CCO[C@@H]1C[C@@H](COC)N(C)C1. The van der Waals surface area contributed by atoms with Crippen LogP contribution in [0, 0.1) is 0 Å². The third kappa shape index (κ3) is 2.44. The van der Waals surface area contributed by atoms with Gasteiger partial charge in [-0.1, -0.05) is 0 Å². The van der Waals surface area contributed by atoms with Crippen molar-refractivity contribution in [3.05, 3.63) is 0 Å². The molecule has 3 heteroatoms. The zero-order valence-corrected chi connectivity index (χ0v) is 8.25. The molecule has 0 aromatic rings. The molecule has 0 bridgehead atoms. The van der Waals surface area contributed by atoms with Gasteiger partial charge in [-0.15, -0.1) is 0 Å². The average Bonchev–Trinajstić information content (AvgIpc) is 2.34. The minimum atomic E-state index is 0.417. The Morgan fingerprint density at radius 1 is 1.50 bits per heavy atom. The lowest BCUT2D eigenvalue weighted by Crippen LogP contribution is -2.28. The summed E-state index contributed by atoms with van der Waals surface area (Å²) in [7, 11) is 3.88. The molecule has 1 rings (SSSR count). The zero-order valence-electron chi connectivity index (χ0n) is 8.25. The number of likely N-dealkylation sites (tertiary alicyclic amines) is 1. The van der Waals surface area contributed by atoms with Crippen molar-refractivity contribution >= 4 is 0 Å². The third-order valence-corrected chi connectivity index (χ3v) is 2.41. The fourth-order valence-corrected chi connectivity index (χ4v) is 1.77. The van der Waals surface area contributed by atoms with Crippen molar-refractivity contribution in [1.82, 2.24) is 4.90 Å². The van der Waals surface area contributed by atoms with Crippen LogP contribution in [0.15, 0.2) is 0 Å². The Kier molecular flexibility index (Phi) is 3.98. The van der Waals surface area contributed by atoms with Crippen LogP contribution in [-0.2, 0) is 9.47 Å². The Morgan fingerprint density at radius 2 is 2.25 bits per heavy atom. The first-order valence-electron chi connectivity index (χ1n) is 4.58. The van der Waals surface area contributed by atoms with Gasteiger partial charge in [-0.05, 0) is 20.4 Å². The van der Waals surface area contributed by atoms with E-state index in [1.54, 1.807) is 7.11 Å². The van der Waals surface area contributed by atoms with E-state index in [9.17, 15) is 0 Å². The molecule has 0 aromatic heterocycles. The van der Waals surface area contributed by atoms with Gasteiger partial charge >= 0.3 is 0 Å². The van der Waals surface area contributed by atoms with Gasteiger partial charge in [0.05, 0.1) is 12.7 Å². The number of hydrogen-bond acceptors (Lipinski definition) is 3. The monoisotopic (exact) mass is 173 g/mol. The molecule has 1 heterocycles. The summed E-state index contributed by atoms with van der Waals surface area (Å²) >= 11 is 0. The first kappa shape index (κ1) is 9.96. The molecule has 12 heavy (non-hydrogen) atoms. The second kappa shape index (κ2) is 4.80. The highest BCUT2D eigenvalue weighted by Crippen LogP contribution is 2.18. The van der Waals surface area contributed by atoms with Crippen molar-refractivity contribution in [3.8, 4) is 0 Å². The standard InChI is InChI=1S/C9H19NO2/c1-4-12-9-5-8(7-11-3)10(2)6-9/h8-9H,4-7H2,1-3H3/t8-,9+/m0/s1. The Balaban J connectivity index is 2.29. The van der Waals surface area contributed by atoms with Crippen molar-refractivity contribution in [3.63, 3.8) is 0 Å². The lowest BCUT2D eigenvalue weighted by molar-refractivity contribution is 0.0701. The van der Waals surface area contributed by atoms with E-state index in [0.717, 1.165) is 26.2 Å². The molecule has 0 aliphatic carbocycles. The van der Waals surface area contributed by atoms with Crippen LogP contribution in [0.3, 0.4) is 0 Å². The molecule has 0 unspecified atom stereocenters. The topological polar surface area (TPSA) is 21.7 Å². The summed E-state index contributed by atoms with van der Waals surface area (Å²) in [6, 6.07) is 0.548. The average molecular weight is 173 g/mol. The second-order valence-corrected chi connectivity index (χ2v) is 3.36. The quantitative estimate of drug-likeness (QED) is 0.626. The van der Waals surface area contributed by atoms with Gasteiger partial charge in [0, 0.05) is 26.3 Å². The van der Waals surface area contributed by atoms with E-state index in [1.807, 2.05) is 6.92 Å². The molecule has 1 aliphatic heterocycles. The highest BCUT2D eigenvalue weighted by molar-refractivity contribution is 4.83. The van der Waals surface area contributed by atoms with Crippen LogP contribution in [0.5, 0.6) is 0 Å². The fourth-order valence-electron chi connectivity index (χ4n) is 1.77. The molecule has 72 valence electrons. The van der Waals surface area contributed by atoms with E-state index in [-0.39, 0.29) is 0 Å².